The SMILES string of the molecule is COc1ccc2[nH]cc(CCCOS(C)(=O)=O)c2c1. The van der Waals surface area contributed by atoms with Crippen molar-refractivity contribution < 1.29 is 17.3 Å². The van der Waals surface area contributed by atoms with E-state index in [1.165, 1.54) is 0 Å². The molecule has 104 valence electrons. The minimum absolute atomic E-state index is 0.204. The molecule has 0 amide bonds. The zero-order valence-corrected chi connectivity index (χ0v) is 11.8. The van der Waals surface area contributed by atoms with E-state index >= 15 is 0 Å². The number of methoxy groups -OCH3 is 1. The van der Waals surface area contributed by atoms with E-state index < -0.39 is 10.1 Å². The summed E-state index contributed by atoms with van der Waals surface area (Å²) in [6.45, 7) is 0.204. The maximum Gasteiger partial charge on any atom is 0.264 e. The average Bonchev–Trinajstić information content (AvgIpc) is 2.76. The molecule has 1 N–H and O–H groups in total. The van der Waals surface area contributed by atoms with Crippen molar-refractivity contribution in [3.05, 3.63) is 30.0 Å². The van der Waals surface area contributed by atoms with Crippen LogP contribution in [0.25, 0.3) is 10.9 Å². The Morgan fingerprint density at radius 3 is 2.79 bits per heavy atom. The molecular formula is C13H17NO4S. The third-order valence-electron chi connectivity index (χ3n) is 2.86. The van der Waals surface area contributed by atoms with Crippen LogP contribution in [0.2, 0.25) is 0 Å². The first kappa shape index (κ1) is 13.9. The van der Waals surface area contributed by atoms with Crippen LogP contribution in [-0.2, 0) is 20.7 Å². The predicted molar refractivity (Wildman–Crippen MR) is 74.0 cm³/mol. The molecule has 19 heavy (non-hydrogen) atoms. The number of ether oxygens (including phenoxy) is 1. The molecule has 1 heterocycles. The number of hydrogen-bond donors (Lipinski definition) is 1. The van der Waals surface area contributed by atoms with Gasteiger partial charge in [-0.25, -0.2) is 0 Å². The van der Waals surface area contributed by atoms with Crippen molar-refractivity contribution in [1.82, 2.24) is 4.98 Å². The van der Waals surface area contributed by atoms with E-state index in [-0.39, 0.29) is 6.61 Å². The molecule has 0 aliphatic carbocycles. The molecular weight excluding hydrogens is 266 g/mol. The molecule has 0 radical (unpaired) electrons. The summed E-state index contributed by atoms with van der Waals surface area (Å²) in [6, 6.07) is 5.83. The topological polar surface area (TPSA) is 68.4 Å². The normalized spacial score (nSPS) is 11.9. The zero-order chi connectivity index (χ0) is 13.9. The second-order valence-corrected chi connectivity index (χ2v) is 6.00. The Hall–Kier alpha value is -1.53. The van der Waals surface area contributed by atoms with Gasteiger partial charge in [0.15, 0.2) is 0 Å². The van der Waals surface area contributed by atoms with E-state index in [1.807, 2.05) is 24.4 Å². The number of aromatic amines is 1. The fourth-order valence-corrected chi connectivity index (χ4v) is 2.38. The number of rotatable bonds is 6. The van der Waals surface area contributed by atoms with Gasteiger partial charge >= 0.3 is 0 Å². The number of nitrogens with one attached hydrogen (secondary N) is 1. The minimum atomic E-state index is -3.35. The predicted octanol–water partition coefficient (Wildman–Crippen LogP) is 2.09. The standard InChI is InChI=1S/C13H17NO4S/c1-17-11-5-6-13-12(8-11)10(9-14-13)4-3-7-18-19(2,15)16/h5-6,8-9,14H,3-4,7H2,1-2H3. The van der Waals surface area contributed by atoms with Crippen LogP contribution in [-0.4, -0.2) is 33.4 Å². The van der Waals surface area contributed by atoms with Gasteiger partial charge in [-0.05, 0) is 36.6 Å². The lowest BCUT2D eigenvalue weighted by Crippen LogP contribution is -2.04. The number of aromatic nitrogens is 1. The Bertz CT molecular complexity index is 660. The van der Waals surface area contributed by atoms with Gasteiger partial charge in [-0.1, -0.05) is 0 Å². The molecule has 0 aliphatic heterocycles. The Morgan fingerprint density at radius 1 is 1.32 bits per heavy atom. The maximum atomic E-state index is 10.8. The molecule has 0 atom stereocenters. The number of H-pyrrole nitrogens is 1. The fourth-order valence-electron chi connectivity index (χ4n) is 1.96. The molecule has 0 saturated carbocycles. The van der Waals surface area contributed by atoms with Gasteiger partial charge in [0, 0.05) is 17.1 Å². The van der Waals surface area contributed by atoms with E-state index in [2.05, 4.69) is 4.98 Å². The molecule has 0 aliphatic rings. The molecule has 0 bridgehead atoms. The van der Waals surface area contributed by atoms with Gasteiger partial charge in [0.25, 0.3) is 10.1 Å². The van der Waals surface area contributed by atoms with Crippen molar-refractivity contribution in [3.63, 3.8) is 0 Å². The summed E-state index contributed by atoms with van der Waals surface area (Å²) < 4.78 is 31.6. The Balaban J connectivity index is 2.04. The van der Waals surface area contributed by atoms with Crippen molar-refractivity contribution in [2.75, 3.05) is 20.0 Å². The molecule has 6 heteroatoms. The lowest BCUT2D eigenvalue weighted by Gasteiger charge is -2.02. The number of fused-ring (bicyclic) bond motifs is 1. The smallest absolute Gasteiger partial charge is 0.264 e. The summed E-state index contributed by atoms with van der Waals surface area (Å²) in [4.78, 5) is 3.18. The molecule has 5 nitrogen and oxygen atoms in total. The zero-order valence-electron chi connectivity index (χ0n) is 11.0. The van der Waals surface area contributed by atoms with E-state index in [1.54, 1.807) is 7.11 Å². The first-order valence-electron chi connectivity index (χ1n) is 5.98. The van der Waals surface area contributed by atoms with Gasteiger partial charge in [0.05, 0.1) is 20.0 Å². The van der Waals surface area contributed by atoms with E-state index in [0.29, 0.717) is 6.42 Å². The molecule has 0 spiro atoms. The highest BCUT2D eigenvalue weighted by atomic mass is 32.2. The average molecular weight is 283 g/mol. The van der Waals surface area contributed by atoms with Gasteiger partial charge in [-0.3, -0.25) is 4.18 Å². The molecule has 2 rings (SSSR count). The Kier molecular flexibility index (Phi) is 4.11. The third kappa shape index (κ3) is 3.71. The van der Waals surface area contributed by atoms with Crippen LogP contribution in [0.3, 0.4) is 0 Å². The highest BCUT2D eigenvalue weighted by Crippen LogP contribution is 2.24. The largest absolute Gasteiger partial charge is 0.497 e. The summed E-state index contributed by atoms with van der Waals surface area (Å²) in [6.07, 6.45) is 4.40. The lowest BCUT2D eigenvalue weighted by molar-refractivity contribution is 0.316. The third-order valence-corrected chi connectivity index (χ3v) is 3.46. The monoisotopic (exact) mass is 283 g/mol. The van der Waals surface area contributed by atoms with Crippen LogP contribution in [0.4, 0.5) is 0 Å². The Morgan fingerprint density at radius 2 is 2.11 bits per heavy atom. The first-order chi connectivity index (χ1) is 8.99. The summed E-state index contributed by atoms with van der Waals surface area (Å²) in [7, 11) is -1.71. The molecule has 0 fully saturated rings. The van der Waals surface area contributed by atoms with Gasteiger partial charge in [0.1, 0.15) is 5.75 Å². The molecule has 1 aromatic heterocycles. The quantitative estimate of drug-likeness (QED) is 0.651. The van der Waals surface area contributed by atoms with Crippen molar-refractivity contribution >= 4 is 21.0 Å². The molecule has 1 aromatic carbocycles. The van der Waals surface area contributed by atoms with Crippen LogP contribution in [0.15, 0.2) is 24.4 Å². The number of benzene rings is 1. The van der Waals surface area contributed by atoms with Crippen molar-refractivity contribution in [3.8, 4) is 5.75 Å². The van der Waals surface area contributed by atoms with Crippen molar-refractivity contribution in [2.45, 2.75) is 12.8 Å². The number of hydrogen-bond acceptors (Lipinski definition) is 4. The maximum absolute atomic E-state index is 10.8. The van der Waals surface area contributed by atoms with Gasteiger partial charge in [-0.2, -0.15) is 8.42 Å². The highest BCUT2D eigenvalue weighted by molar-refractivity contribution is 7.85. The van der Waals surface area contributed by atoms with Crippen molar-refractivity contribution in [1.29, 1.82) is 0 Å². The number of aryl methyl sites for hydroxylation is 1. The summed E-state index contributed by atoms with van der Waals surface area (Å²) >= 11 is 0. The van der Waals surface area contributed by atoms with Crippen LogP contribution < -0.4 is 4.74 Å². The summed E-state index contributed by atoms with van der Waals surface area (Å²) in [5.74, 6) is 0.806. The fraction of sp³-hybridized carbons (Fsp3) is 0.385. The van der Waals surface area contributed by atoms with Crippen LogP contribution in [0.5, 0.6) is 5.75 Å². The van der Waals surface area contributed by atoms with Gasteiger partial charge in [-0.15, -0.1) is 0 Å². The van der Waals surface area contributed by atoms with Crippen molar-refractivity contribution in [2.24, 2.45) is 0 Å². The Labute approximate surface area is 112 Å². The second kappa shape index (κ2) is 5.63. The summed E-state index contributed by atoms with van der Waals surface area (Å²) in [5, 5.41) is 1.10. The molecule has 0 saturated heterocycles. The second-order valence-electron chi connectivity index (χ2n) is 4.36. The van der Waals surface area contributed by atoms with Gasteiger partial charge in [0.2, 0.25) is 0 Å². The van der Waals surface area contributed by atoms with E-state index in [0.717, 1.165) is 34.9 Å². The summed E-state index contributed by atoms with van der Waals surface area (Å²) in [5.41, 5.74) is 2.17. The van der Waals surface area contributed by atoms with E-state index in [4.69, 9.17) is 8.92 Å². The van der Waals surface area contributed by atoms with Gasteiger partial charge < -0.3 is 9.72 Å². The lowest BCUT2D eigenvalue weighted by atomic mass is 10.1. The van der Waals surface area contributed by atoms with E-state index in [9.17, 15) is 8.42 Å². The highest BCUT2D eigenvalue weighted by Gasteiger charge is 2.06. The van der Waals surface area contributed by atoms with Crippen LogP contribution >= 0.6 is 0 Å². The molecule has 0 unspecified atom stereocenters. The first-order valence-corrected chi connectivity index (χ1v) is 7.79. The van der Waals surface area contributed by atoms with Crippen LogP contribution in [0.1, 0.15) is 12.0 Å². The molecule has 2 aromatic rings. The van der Waals surface area contributed by atoms with Crippen LogP contribution in [0, 0.1) is 0 Å². The minimum Gasteiger partial charge on any atom is -0.497 e.